The van der Waals surface area contributed by atoms with Crippen LogP contribution in [0.2, 0.25) is 0 Å². The monoisotopic (exact) mass is 234 g/mol. The summed E-state index contributed by atoms with van der Waals surface area (Å²) in [4.78, 5) is 13.7. The van der Waals surface area contributed by atoms with Crippen molar-refractivity contribution in [2.75, 3.05) is 37.5 Å². The van der Waals surface area contributed by atoms with Crippen molar-refractivity contribution in [1.29, 1.82) is 0 Å². The van der Waals surface area contributed by atoms with Crippen LogP contribution in [0.1, 0.15) is 11.1 Å². The highest BCUT2D eigenvalue weighted by Crippen LogP contribution is 2.33. The first-order valence-electron chi connectivity index (χ1n) is 5.78. The molecule has 0 saturated carbocycles. The van der Waals surface area contributed by atoms with Crippen LogP contribution in [0.25, 0.3) is 0 Å². The standard InChI is InChI=1S/C13H18N2O2/c1-9-6-10(14-2)7-12-11(9)4-5-15(12)13(16)8-17-3/h6-7,14H,4-5,8H2,1-3H3. The van der Waals surface area contributed by atoms with E-state index in [9.17, 15) is 4.79 Å². The van der Waals surface area contributed by atoms with Gasteiger partial charge in [0, 0.05) is 32.1 Å². The van der Waals surface area contributed by atoms with Gasteiger partial charge in [-0.3, -0.25) is 4.79 Å². The van der Waals surface area contributed by atoms with Gasteiger partial charge in [0.1, 0.15) is 6.61 Å². The average molecular weight is 234 g/mol. The summed E-state index contributed by atoms with van der Waals surface area (Å²) in [5.41, 5.74) is 4.57. The number of rotatable bonds is 3. The molecule has 1 aromatic carbocycles. The Balaban J connectivity index is 2.36. The molecule has 4 nitrogen and oxygen atoms in total. The molecule has 1 heterocycles. The van der Waals surface area contributed by atoms with Crippen molar-refractivity contribution in [2.45, 2.75) is 13.3 Å². The van der Waals surface area contributed by atoms with Crippen molar-refractivity contribution >= 4 is 17.3 Å². The van der Waals surface area contributed by atoms with E-state index in [0.29, 0.717) is 0 Å². The molecule has 1 aliphatic rings. The van der Waals surface area contributed by atoms with Crippen LogP contribution in [0, 0.1) is 6.92 Å². The minimum absolute atomic E-state index is 0.0268. The normalized spacial score (nSPS) is 13.7. The van der Waals surface area contributed by atoms with Crippen molar-refractivity contribution in [3.8, 4) is 0 Å². The maximum Gasteiger partial charge on any atom is 0.252 e. The van der Waals surface area contributed by atoms with Crippen molar-refractivity contribution < 1.29 is 9.53 Å². The maximum atomic E-state index is 11.9. The van der Waals surface area contributed by atoms with E-state index in [1.165, 1.54) is 11.1 Å². The number of hydrogen-bond acceptors (Lipinski definition) is 3. The molecule has 0 saturated heterocycles. The lowest BCUT2D eigenvalue weighted by Gasteiger charge is -2.18. The highest BCUT2D eigenvalue weighted by molar-refractivity contribution is 5.97. The summed E-state index contributed by atoms with van der Waals surface area (Å²) in [7, 11) is 3.43. The summed E-state index contributed by atoms with van der Waals surface area (Å²) in [5.74, 6) is 0.0268. The van der Waals surface area contributed by atoms with Crippen molar-refractivity contribution in [1.82, 2.24) is 0 Å². The molecular weight excluding hydrogens is 216 g/mol. The lowest BCUT2D eigenvalue weighted by molar-refractivity contribution is -0.122. The Morgan fingerprint density at radius 1 is 1.53 bits per heavy atom. The van der Waals surface area contributed by atoms with Gasteiger partial charge < -0.3 is 15.0 Å². The van der Waals surface area contributed by atoms with E-state index in [1.54, 1.807) is 7.11 Å². The summed E-state index contributed by atoms with van der Waals surface area (Å²) >= 11 is 0. The van der Waals surface area contributed by atoms with Gasteiger partial charge in [0.05, 0.1) is 0 Å². The molecule has 0 atom stereocenters. The van der Waals surface area contributed by atoms with E-state index < -0.39 is 0 Å². The fraction of sp³-hybridized carbons (Fsp3) is 0.462. The fourth-order valence-electron chi connectivity index (χ4n) is 2.31. The van der Waals surface area contributed by atoms with Gasteiger partial charge in [-0.2, -0.15) is 0 Å². The van der Waals surface area contributed by atoms with Gasteiger partial charge in [0.25, 0.3) is 5.91 Å². The number of nitrogens with zero attached hydrogens (tertiary/aromatic N) is 1. The Labute approximate surface area is 102 Å². The number of nitrogens with one attached hydrogen (secondary N) is 1. The molecule has 0 spiro atoms. The maximum absolute atomic E-state index is 11.9. The Kier molecular flexibility index (Phi) is 3.33. The highest BCUT2D eigenvalue weighted by atomic mass is 16.5. The first-order valence-corrected chi connectivity index (χ1v) is 5.78. The second-order valence-electron chi connectivity index (χ2n) is 4.27. The predicted octanol–water partition coefficient (Wildman–Crippen LogP) is 1.57. The average Bonchev–Trinajstić information content (AvgIpc) is 2.73. The predicted molar refractivity (Wildman–Crippen MR) is 68.7 cm³/mol. The second kappa shape index (κ2) is 4.75. The number of ether oxygens (including phenoxy) is 1. The van der Waals surface area contributed by atoms with Crippen molar-refractivity contribution in [3.05, 3.63) is 23.3 Å². The fourth-order valence-corrected chi connectivity index (χ4v) is 2.31. The summed E-state index contributed by atoms with van der Waals surface area (Å²) in [6, 6.07) is 4.14. The van der Waals surface area contributed by atoms with Gasteiger partial charge >= 0.3 is 0 Å². The number of benzene rings is 1. The third kappa shape index (κ3) is 2.13. The Morgan fingerprint density at radius 2 is 2.29 bits per heavy atom. The van der Waals surface area contributed by atoms with Crippen LogP contribution in [0.4, 0.5) is 11.4 Å². The van der Waals surface area contributed by atoms with Crippen LogP contribution in [0.3, 0.4) is 0 Å². The minimum Gasteiger partial charge on any atom is -0.388 e. The number of carbonyl (C=O) groups excluding carboxylic acids is 1. The number of amides is 1. The van der Waals surface area contributed by atoms with E-state index in [1.807, 2.05) is 18.0 Å². The van der Waals surface area contributed by atoms with Gasteiger partial charge in [0.15, 0.2) is 0 Å². The number of methoxy groups -OCH3 is 1. The molecule has 4 heteroatoms. The zero-order valence-corrected chi connectivity index (χ0v) is 10.5. The van der Waals surface area contributed by atoms with E-state index in [-0.39, 0.29) is 12.5 Å². The van der Waals surface area contributed by atoms with Gasteiger partial charge in [0.2, 0.25) is 0 Å². The molecule has 1 aliphatic heterocycles. The van der Waals surface area contributed by atoms with Crippen molar-refractivity contribution in [3.63, 3.8) is 0 Å². The molecule has 92 valence electrons. The SMILES string of the molecule is CNc1cc(C)c2c(c1)N(C(=O)COC)CC2. The second-order valence-corrected chi connectivity index (χ2v) is 4.27. The molecule has 0 radical (unpaired) electrons. The van der Waals surface area contributed by atoms with Crippen LogP contribution in [0.5, 0.6) is 0 Å². The minimum atomic E-state index is 0.0268. The molecule has 0 aliphatic carbocycles. The molecule has 1 N–H and O–H groups in total. The van der Waals surface area contributed by atoms with Crippen molar-refractivity contribution in [2.24, 2.45) is 0 Å². The third-order valence-electron chi connectivity index (χ3n) is 3.18. The molecule has 1 amide bonds. The molecule has 0 fully saturated rings. The Bertz CT molecular complexity index is 443. The van der Waals surface area contributed by atoms with E-state index in [2.05, 4.69) is 18.3 Å². The van der Waals surface area contributed by atoms with Gasteiger partial charge in [-0.25, -0.2) is 0 Å². The highest BCUT2D eigenvalue weighted by Gasteiger charge is 2.25. The number of carbonyl (C=O) groups is 1. The lowest BCUT2D eigenvalue weighted by atomic mass is 10.1. The van der Waals surface area contributed by atoms with Gasteiger partial charge in [-0.05, 0) is 36.6 Å². The summed E-state index contributed by atoms with van der Waals surface area (Å²) in [5, 5.41) is 3.12. The van der Waals surface area contributed by atoms with Crippen LogP contribution < -0.4 is 10.2 Å². The molecule has 0 bridgehead atoms. The third-order valence-corrected chi connectivity index (χ3v) is 3.18. The molecule has 2 rings (SSSR count). The molecule has 0 aromatic heterocycles. The van der Waals surface area contributed by atoms with Crippen LogP contribution in [-0.2, 0) is 16.0 Å². The van der Waals surface area contributed by atoms with Crippen LogP contribution >= 0.6 is 0 Å². The summed E-state index contributed by atoms with van der Waals surface area (Å²) in [6.07, 6.45) is 0.931. The first kappa shape index (κ1) is 11.9. The Hall–Kier alpha value is -1.55. The van der Waals surface area contributed by atoms with Crippen LogP contribution in [-0.4, -0.2) is 33.2 Å². The molecule has 1 aromatic rings. The lowest BCUT2D eigenvalue weighted by Crippen LogP contribution is -2.32. The quantitative estimate of drug-likeness (QED) is 0.863. The zero-order chi connectivity index (χ0) is 12.4. The van der Waals surface area contributed by atoms with E-state index >= 15 is 0 Å². The summed E-state index contributed by atoms with van der Waals surface area (Å²) < 4.78 is 4.91. The van der Waals surface area contributed by atoms with Crippen LogP contribution in [0.15, 0.2) is 12.1 Å². The molecule has 17 heavy (non-hydrogen) atoms. The van der Waals surface area contributed by atoms with Gasteiger partial charge in [-0.15, -0.1) is 0 Å². The first-order chi connectivity index (χ1) is 8.17. The van der Waals surface area contributed by atoms with E-state index in [0.717, 1.165) is 24.3 Å². The summed E-state index contributed by atoms with van der Waals surface area (Å²) in [6.45, 7) is 2.98. The number of fused-ring (bicyclic) bond motifs is 1. The molecule has 0 unspecified atom stereocenters. The topological polar surface area (TPSA) is 41.6 Å². The number of aryl methyl sites for hydroxylation is 1. The number of anilines is 2. The largest absolute Gasteiger partial charge is 0.388 e. The van der Waals surface area contributed by atoms with Gasteiger partial charge in [-0.1, -0.05) is 0 Å². The zero-order valence-electron chi connectivity index (χ0n) is 10.5. The van der Waals surface area contributed by atoms with E-state index in [4.69, 9.17) is 4.74 Å². The Morgan fingerprint density at radius 3 is 2.94 bits per heavy atom. The molecular formula is C13H18N2O2. The smallest absolute Gasteiger partial charge is 0.252 e. The number of hydrogen-bond donors (Lipinski definition) is 1.